The van der Waals surface area contributed by atoms with Gasteiger partial charge in [0, 0.05) is 23.4 Å². The highest BCUT2D eigenvalue weighted by Crippen LogP contribution is 2.32. The second-order valence-electron chi connectivity index (χ2n) is 6.52. The van der Waals surface area contributed by atoms with Gasteiger partial charge in [0.2, 0.25) is 0 Å². The number of hydrogen-bond donors (Lipinski definition) is 1. The topological polar surface area (TPSA) is 72.2 Å². The van der Waals surface area contributed by atoms with E-state index in [4.69, 9.17) is 0 Å². The Bertz CT molecular complexity index is 1140. The van der Waals surface area contributed by atoms with Gasteiger partial charge in [-0.15, -0.1) is 0 Å². The van der Waals surface area contributed by atoms with Crippen molar-refractivity contribution in [2.45, 2.75) is 13.1 Å². The van der Waals surface area contributed by atoms with Gasteiger partial charge < -0.3 is 5.32 Å². The molecular weight excluding hydrogens is 404 g/mol. The van der Waals surface area contributed by atoms with Crippen molar-refractivity contribution in [1.29, 1.82) is 0 Å². The van der Waals surface area contributed by atoms with Crippen molar-refractivity contribution in [3.8, 4) is 11.1 Å². The van der Waals surface area contributed by atoms with Gasteiger partial charge in [-0.3, -0.25) is 14.9 Å². The Balaban J connectivity index is 1.93. The highest BCUT2D eigenvalue weighted by atomic mass is 19.4. The number of carbonyl (C=O) groups excluding carboxylic acids is 1. The molecule has 0 aliphatic carbocycles. The first-order valence-electron chi connectivity index (χ1n) is 8.59. The second kappa shape index (κ2) is 7.94. The Kier molecular flexibility index (Phi) is 5.55. The zero-order valence-electron chi connectivity index (χ0n) is 15.5. The van der Waals surface area contributed by atoms with Gasteiger partial charge in [0.05, 0.1) is 10.5 Å². The third kappa shape index (κ3) is 4.62. The first-order valence-corrected chi connectivity index (χ1v) is 8.59. The Morgan fingerprint density at radius 1 is 1.03 bits per heavy atom. The number of nitrogens with one attached hydrogen (secondary N) is 1. The summed E-state index contributed by atoms with van der Waals surface area (Å²) in [6, 6.07) is 12.2. The molecule has 0 saturated heterocycles. The van der Waals surface area contributed by atoms with Crippen LogP contribution in [0.5, 0.6) is 0 Å². The molecule has 9 heteroatoms. The molecule has 1 N–H and O–H groups in total. The van der Waals surface area contributed by atoms with Crippen molar-refractivity contribution in [1.82, 2.24) is 0 Å². The number of anilines is 1. The summed E-state index contributed by atoms with van der Waals surface area (Å²) < 4.78 is 52.2. The van der Waals surface area contributed by atoms with E-state index in [0.717, 1.165) is 5.56 Å². The molecule has 3 aromatic rings. The van der Waals surface area contributed by atoms with Crippen LogP contribution in [0.3, 0.4) is 0 Å². The fourth-order valence-electron chi connectivity index (χ4n) is 2.89. The minimum Gasteiger partial charge on any atom is -0.322 e. The van der Waals surface area contributed by atoms with E-state index in [2.05, 4.69) is 5.32 Å². The van der Waals surface area contributed by atoms with E-state index in [0.29, 0.717) is 29.3 Å². The van der Waals surface area contributed by atoms with Crippen LogP contribution in [-0.2, 0) is 6.18 Å². The summed E-state index contributed by atoms with van der Waals surface area (Å²) in [6.45, 7) is 1.77. The van der Waals surface area contributed by atoms with Crippen LogP contribution in [0.2, 0.25) is 0 Å². The maximum absolute atomic E-state index is 13.6. The van der Waals surface area contributed by atoms with E-state index >= 15 is 0 Å². The molecule has 0 unspecified atom stereocenters. The summed E-state index contributed by atoms with van der Waals surface area (Å²) in [4.78, 5) is 22.9. The lowest BCUT2D eigenvalue weighted by molar-refractivity contribution is -0.384. The van der Waals surface area contributed by atoms with Crippen molar-refractivity contribution in [3.05, 3.63) is 93.3 Å². The first kappa shape index (κ1) is 21.0. The molecular formula is C21H14F4N2O3. The monoisotopic (exact) mass is 418 g/mol. The number of aryl methyl sites for hydroxylation is 1. The molecule has 154 valence electrons. The number of hydrogen-bond acceptors (Lipinski definition) is 3. The number of nitrogens with zero attached hydrogens (tertiary/aromatic N) is 1. The van der Waals surface area contributed by atoms with Gasteiger partial charge in [-0.05, 0) is 53.9 Å². The molecule has 0 saturated carbocycles. The van der Waals surface area contributed by atoms with E-state index in [1.54, 1.807) is 19.1 Å². The molecule has 0 bridgehead atoms. The summed E-state index contributed by atoms with van der Waals surface area (Å²) in [6.07, 6.45) is -4.80. The molecule has 0 radical (unpaired) electrons. The number of nitro groups is 1. The van der Waals surface area contributed by atoms with E-state index in [1.807, 2.05) is 0 Å². The normalized spacial score (nSPS) is 11.2. The van der Waals surface area contributed by atoms with Gasteiger partial charge >= 0.3 is 6.18 Å². The van der Waals surface area contributed by atoms with Crippen LogP contribution >= 0.6 is 0 Å². The lowest BCUT2D eigenvalue weighted by Gasteiger charge is -2.12. The Hall–Kier alpha value is -3.75. The van der Waals surface area contributed by atoms with Crippen LogP contribution in [0.1, 0.15) is 21.5 Å². The average molecular weight is 418 g/mol. The van der Waals surface area contributed by atoms with Crippen LogP contribution in [-0.4, -0.2) is 10.8 Å². The fraction of sp³-hybridized carbons (Fsp3) is 0.0952. The average Bonchev–Trinajstić information content (AvgIpc) is 2.68. The first-order chi connectivity index (χ1) is 14.0. The van der Waals surface area contributed by atoms with Crippen LogP contribution in [0.25, 0.3) is 11.1 Å². The van der Waals surface area contributed by atoms with E-state index in [-0.39, 0.29) is 11.4 Å². The summed E-state index contributed by atoms with van der Waals surface area (Å²) >= 11 is 0. The predicted octanol–water partition coefficient (Wildman–Crippen LogP) is 5.98. The van der Waals surface area contributed by atoms with Crippen molar-refractivity contribution >= 4 is 17.3 Å². The molecule has 3 rings (SSSR count). The molecule has 0 aliphatic heterocycles. The molecule has 0 atom stereocenters. The molecule has 0 aliphatic rings. The lowest BCUT2D eigenvalue weighted by atomic mass is 9.99. The zero-order chi connectivity index (χ0) is 22.1. The van der Waals surface area contributed by atoms with E-state index < -0.39 is 34.0 Å². The molecule has 0 spiro atoms. The third-order valence-electron chi connectivity index (χ3n) is 4.35. The Labute approximate surface area is 168 Å². The Morgan fingerprint density at radius 2 is 1.77 bits per heavy atom. The van der Waals surface area contributed by atoms with E-state index in [9.17, 15) is 32.5 Å². The summed E-state index contributed by atoms with van der Waals surface area (Å²) in [5.74, 6) is -2.11. The van der Waals surface area contributed by atoms with Gasteiger partial charge in [0.1, 0.15) is 5.82 Å². The van der Waals surface area contributed by atoms with Gasteiger partial charge in [0.15, 0.2) is 0 Å². The van der Waals surface area contributed by atoms with Crippen LogP contribution < -0.4 is 5.32 Å². The van der Waals surface area contributed by atoms with Gasteiger partial charge in [0.25, 0.3) is 11.6 Å². The fourth-order valence-corrected chi connectivity index (χ4v) is 2.89. The molecule has 30 heavy (non-hydrogen) atoms. The van der Waals surface area contributed by atoms with Gasteiger partial charge in [-0.1, -0.05) is 18.2 Å². The second-order valence-corrected chi connectivity index (χ2v) is 6.52. The number of nitro benzene ring substituents is 1. The number of rotatable bonds is 4. The molecule has 3 aromatic carbocycles. The minimum absolute atomic E-state index is 0.110. The maximum Gasteiger partial charge on any atom is 0.416 e. The lowest BCUT2D eigenvalue weighted by Crippen LogP contribution is -2.14. The number of amides is 1. The summed E-state index contributed by atoms with van der Waals surface area (Å²) in [5, 5.41) is 13.4. The third-order valence-corrected chi connectivity index (χ3v) is 4.35. The number of non-ortho nitro benzene ring substituents is 1. The Morgan fingerprint density at radius 3 is 2.43 bits per heavy atom. The smallest absolute Gasteiger partial charge is 0.322 e. The number of halogens is 4. The van der Waals surface area contributed by atoms with E-state index in [1.165, 1.54) is 30.3 Å². The van der Waals surface area contributed by atoms with Gasteiger partial charge in [-0.2, -0.15) is 13.2 Å². The highest BCUT2D eigenvalue weighted by molar-refractivity contribution is 6.04. The maximum atomic E-state index is 13.6. The SMILES string of the molecule is Cc1ccc(NC(=O)c2cc(F)cc(C(F)(F)F)c2)cc1-c1cccc([N+](=O)[O-])c1. The van der Waals surface area contributed by atoms with Gasteiger partial charge in [-0.25, -0.2) is 4.39 Å². The molecule has 0 fully saturated rings. The summed E-state index contributed by atoms with van der Waals surface area (Å²) in [7, 11) is 0. The standard InChI is InChI=1S/C21H14F4N2O3/c1-12-5-6-17(11-19(12)13-3-2-4-18(9-13)27(29)30)26-20(28)14-7-15(21(23,24)25)10-16(22)8-14/h2-11H,1H3,(H,26,28). The van der Waals surface area contributed by atoms with Crippen LogP contribution in [0.15, 0.2) is 60.7 Å². The van der Waals surface area contributed by atoms with Crippen molar-refractivity contribution in [2.75, 3.05) is 5.32 Å². The largest absolute Gasteiger partial charge is 0.416 e. The van der Waals surface area contributed by atoms with Crippen molar-refractivity contribution in [2.24, 2.45) is 0 Å². The zero-order valence-corrected chi connectivity index (χ0v) is 15.5. The molecule has 5 nitrogen and oxygen atoms in total. The van der Waals surface area contributed by atoms with Crippen LogP contribution in [0.4, 0.5) is 28.9 Å². The van der Waals surface area contributed by atoms with Crippen molar-refractivity contribution < 1.29 is 27.3 Å². The number of carbonyl (C=O) groups is 1. The minimum atomic E-state index is -4.80. The molecule has 1 amide bonds. The highest BCUT2D eigenvalue weighted by Gasteiger charge is 2.32. The van der Waals surface area contributed by atoms with Crippen LogP contribution in [0, 0.1) is 22.9 Å². The summed E-state index contributed by atoms with van der Waals surface area (Å²) in [5.41, 5.74) is 0.257. The number of benzene rings is 3. The van der Waals surface area contributed by atoms with Crippen molar-refractivity contribution in [3.63, 3.8) is 0 Å². The number of alkyl halides is 3. The molecule has 0 aromatic heterocycles. The molecule has 0 heterocycles. The quantitative estimate of drug-likeness (QED) is 0.322. The predicted molar refractivity (Wildman–Crippen MR) is 103 cm³/mol.